The number of rotatable bonds is 30. The Labute approximate surface area is 303 Å². The van der Waals surface area contributed by atoms with Crippen LogP contribution in [-0.4, -0.2) is 87.5 Å². The lowest BCUT2D eigenvalue weighted by Crippen LogP contribution is -2.60. The maximum Gasteiger partial charge on any atom is 0.220 e. The second-order valence-corrected chi connectivity index (χ2v) is 13.3. The highest BCUT2D eigenvalue weighted by atomic mass is 16.7. The molecule has 1 saturated heterocycles. The predicted octanol–water partition coefficient (Wildman–Crippen LogP) is 6.88. The normalized spacial score (nSPS) is 22.9. The van der Waals surface area contributed by atoms with Crippen LogP contribution in [-0.2, 0) is 14.3 Å². The molecular weight excluding hydrogens is 634 g/mol. The largest absolute Gasteiger partial charge is 0.394 e. The second kappa shape index (κ2) is 31.6. The molecule has 0 radical (unpaired) electrons. The minimum atomic E-state index is -1.57. The highest BCUT2D eigenvalue weighted by Crippen LogP contribution is 2.22. The molecule has 1 rings (SSSR count). The number of carbonyl (C=O) groups excluding carboxylic acids is 1. The lowest BCUT2D eigenvalue weighted by Gasteiger charge is -2.40. The van der Waals surface area contributed by atoms with Crippen molar-refractivity contribution >= 4 is 5.91 Å². The van der Waals surface area contributed by atoms with E-state index in [4.69, 9.17) is 9.47 Å². The fourth-order valence-electron chi connectivity index (χ4n) is 5.67. The van der Waals surface area contributed by atoms with Crippen molar-refractivity contribution in [3.05, 3.63) is 60.8 Å². The van der Waals surface area contributed by atoms with Crippen LogP contribution >= 0.6 is 0 Å². The van der Waals surface area contributed by atoms with Crippen molar-refractivity contribution in [2.75, 3.05) is 13.2 Å². The third kappa shape index (κ3) is 22.7. The van der Waals surface area contributed by atoms with E-state index in [1.54, 1.807) is 6.08 Å². The second-order valence-electron chi connectivity index (χ2n) is 13.3. The Morgan fingerprint density at radius 2 is 1.24 bits per heavy atom. The molecule has 1 heterocycles. The number of allylic oxidation sites excluding steroid dienone is 9. The molecule has 0 aromatic heterocycles. The van der Waals surface area contributed by atoms with Crippen molar-refractivity contribution < 1.29 is 39.8 Å². The highest BCUT2D eigenvalue weighted by Gasteiger charge is 2.44. The molecule has 7 atom stereocenters. The van der Waals surface area contributed by atoms with E-state index >= 15 is 0 Å². The van der Waals surface area contributed by atoms with Gasteiger partial charge in [0.05, 0.1) is 25.4 Å². The molecule has 0 spiro atoms. The Balaban J connectivity index is 2.29. The average Bonchev–Trinajstić information content (AvgIpc) is 3.11. The summed E-state index contributed by atoms with van der Waals surface area (Å²) in [5, 5.41) is 53.6. The van der Waals surface area contributed by atoms with Gasteiger partial charge in [-0.15, -0.1) is 0 Å². The van der Waals surface area contributed by atoms with Crippen molar-refractivity contribution in [3.8, 4) is 0 Å². The van der Waals surface area contributed by atoms with Gasteiger partial charge in [-0.05, 0) is 57.8 Å². The Morgan fingerprint density at radius 1 is 0.700 bits per heavy atom. The van der Waals surface area contributed by atoms with Crippen LogP contribution in [0.5, 0.6) is 0 Å². The topological polar surface area (TPSA) is 149 Å². The van der Waals surface area contributed by atoms with Crippen LogP contribution in [0.4, 0.5) is 0 Å². The quantitative estimate of drug-likeness (QED) is 0.0350. The van der Waals surface area contributed by atoms with Crippen LogP contribution in [0.1, 0.15) is 136 Å². The summed E-state index contributed by atoms with van der Waals surface area (Å²) in [6.45, 7) is 3.54. The molecule has 1 amide bonds. The van der Waals surface area contributed by atoms with E-state index in [-0.39, 0.29) is 12.5 Å². The van der Waals surface area contributed by atoms with E-state index in [9.17, 15) is 30.3 Å². The van der Waals surface area contributed by atoms with Gasteiger partial charge in [-0.25, -0.2) is 0 Å². The summed E-state index contributed by atoms with van der Waals surface area (Å²) in [6.07, 6.45) is 32.9. The molecule has 9 nitrogen and oxygen atoms in total. The van der Waals surface area contributed by atoms with Crippen LogP contribution in [0, 0.1) is 0 Å². The number of hydrogen-bond acceptors (Lipinski definition) is 8. The molecular formula is C41H71NO8. The van der Waals surface area contributed by atoms with Gasteiger partial charge in [0.15, 0.2) is 6.29 Å². The van der Waals surface area contributed by atoms with Gasteiger partial charge in [0, 0.05) is 6.42 Å². The zero-order valence-corrected chi connectivity index (χ0v) is 31.1. The summed E-state index contributed by atoms with van der Waals surface area (Å²) >= 11 is 0. The van der Waals surface area contributed by atoms with E-state index in [1.165, 1.54) is 25.7 Å². The molecule has 0 aromatic carbocycles. The van der Waals surface area contributed by atoms with Crippen LogP contribution in [0.25, 0.3) is 0 Å². The molecule has 6 N–H and O–H groups in total. The summed E-state index contributed by atoms with van der Waals surface area (Å²) in [7, 11) is 0. The molecule has 1 fully saturated rings. The molecule has 1 aliphatic rings. The predicted molar refractivity (Wildman–Crippen MR) is 202 cm³/mol. The molecule has 288 valence electrons. The summed E-state index contributed by atoms with van der Waals surface area (Å²) < 4.78 is 11.1. The van der Waals surface area contributed by atoms with E-state index in [0.29, 0.717) is 6.42 Å². The number of aliphatic hydroxyl groups excluding tert-OH is 5. The number of unbranched alkanes of at least 4 members (excludes halogenated alkanes) is 12. The maximum atomic E-state index is 12.8. The van der Waals surface area contributed by atoms with Gasteiger partial charge in [0.1, 0.15) is 24.4 Å². The van der Waals surface area contributed by atoms with Gasteiger partial charge in [0.25, 0.3) is 0 Å². The third-order valence-electron chi connectivity index (χ3n) is 8.85. The number of nitrogens with one attached hydrogen (secondary N) is 1. The molecule has 0 aliphatic carbocycles. The molecule has 7 unspecified atom stereocenters. The minimum absolute atomic E-state index is 0.196. The van der Waals surface area contributed by atoms with Gasteiger partial charge in [0.2, 0.25) is 5.91 Å². The summed E-state index contributed by atoms with van der Waals surface area (Å²) in [4.78, 5) is 12.8. The number of carbonyl (C=O) groups is 1. The Morgan fingerprint density at radius 3 is 1.84 bits per heavy atom. The number of ether oxygens (including phenoxy) is 2. The van der Waals surface area contributed by atoms with E-state index in [1.807, 2.05) is 6.08 Å². The van der Waals surface area contributed by atoms with Crippen LogP contribution in [0.15, 0.2) is 60.8 Å². The fourth-order valence-corrected chi connectivity index (χ4v) is 5.67. The standard InChI is InChI=1S/C41H71NO8/c1-3-5-7-9-11-12-13-14-15-16-17-18-19-20-21-22-23-24-25-27-29-31-37(45)42-34(35(44)30-28-26-10-8-6-4-2)33-49-41-40(48)39(47)38(46)36(32-43)50-41/h5,7,11-12,14-15,17-18,28,30,34-36,38-41,43-44,46-48H,3-4,6,8-10,13,16,19-27,29,31-33H2,1-2H3,(H,42,45)/b7-5-,12-11-,15-14-,18-17-,30-28+. The van der Waals surface area contributed by atoms with Crippen LogP contribution in [0.3, 0.4) is 0 Å². The number of hydrogen-bond donors (Lipinski definition) is 6. The molecule has 0 saturated carbocycles. The lowest BCUT2D eigenvalue weighted by atomic mass is 9.99. The SMILES string of the molecule is CC/C=C\C/C=C\C/C=C\C/C=C\CCCCCCCCCCC(=O)NC(COC1OC(CO)C(O)C(O)C1O)C(O)/C=C/CCCCCC. The third-order valence-corrected chi connectivity index (χ3v) is 8.85. The monoisotopic (exact) mass is 706 g/mol. The molecule has 9 heteroatoms. The fraction of sp³-hybridized carbons (Fsp3) is 0.732. The van der Waals surface area contributed by atoms with Crippen molar-refractivity contribution in [3.63, 3.8) is 0 Å². The Kier molecular flexibility index (Phi) is 29.0. The smallest absolute Gasteiger partial charge is 0.220 e. The lowest BCUT2D eigenvalue weighted by molar-refractivity contribution is -0.302. The van der Waals surface area contributed by atoms with Gasteiger partial charge < -0.3 is 40.3 Å². The summed E-state index contributed by atoms with van der Waals surface area (Å²) in [5.41, 5.74) is 0. The van der Waals surface area contributed by atoms with Crippen LogP contribution < -0.4 is 5.32 Å². The average molecular weight is 706 g/mol. The van der Waals surface area contributed by atoms with Crippen molar-refractivity contribution in [1.82, 2.24) is 5.32 Å². The van der Waals surface area contributed by atoms with Gasteiger partial charge >= 0.3 is 0 Å². The van der Waals surface area contributed by atoms with E-state index in [2.05, 4.69) is 67.8 Å². The zero-order valence-electron chi connectivity index (χ0n) is 31.1. The van der Waals surface area contributed by atoms with Crippen molar-refractivity contribution in [2.45, 2.75) is 179 Å². The summed E-state index contributed by atoms with van der Waals surface area (Å²) in [6, 6.07) is -0.807. The Hall–Kier alpha value is -2.11. The highest BCUT2D eigenvalue weighted by molar-refractivity contribution is 5.76. The van der Waals surface area contributed by atoms with Gasteiger partial charge in [-0.3, -0.25) is 4.79 Å². The number of aliphatic hydroxyl groups is 5. The summed E-state index contributed by atoms with van der Waals surface area (Å²) in [5.74, 6) is -0.196. The van der Waals surface area contributed by atoms with Gasteiger partial charge in [-0.1, -0.05) is 132 Å². The van der Waals surface area contributed by atoms with Gasteiger partial charge in [-0.2, -0.15) is 0 Å². The van der Waals surface area contributed by atoms with Crippen molar-refractivity contribution in [2.24, 2.45) is 0 Å². The number of amides is 1. The van der Waals surface area contributed by atoms with E-state index < -0.39 is 49.5 Å². The van der Waals surface area contributed by atoms with Crippen molar-refractivity contribution in [1.29, 1.82) is 0 Å². The minimum Gasteiger partial charge on any atom is -0.394 e. The van der Waals surface area contributed by atoms with E-state index in [0.717, 1.165) is 89.9 Å². The Bertz CT molecular complexity index is 962. The van der Waals surface area contributed by atoms with Crippen LogP contribution in [0.2, 0.25) is 0 Å². The first-order valence-electron chi connectivity index (χ1n) is 19.5. The first-order valence-corrected chi connectivity index (χ1v) is 19.5. The molecule has 0 bridgehead atoms. The molecule has 0 aromatic rings. The molecule has 1 aliphatic heterocycles. The first-order chi connectivity index (χ1) is 24.3. The zero-order chi connectivity index (χ0) is 36.7. The molecule has 50 heavy (non-hydrogen) atoms. The first kappa shape index (κ1) is 45.9. The maximum absolute atomic E-state index is 12.8.